The van der Waals surface area contributed by atoms with Gasteiger partial charge >= 0.3 is 0 Å². The lowest BCUT2D eigenvalue weighted by Crippen LogP contribution is -2.38. The Bertz CT molecular complexity index is 921. The standard InChI is InChI=1S/C24H34N4O4.HI/c1-7-25-24(28(4)16-19-11-12-20(30-5)14-22(19)31-6)26-15-18-9-8-10-21(13-18)32-17-23(29)27(2)3;/h8-14H,7,15-17H2,1-6H3,(H,25,26);1H. The van der Waals surface area contributed by atoms with E-state index in [9.17, 15) is 4.79 Å². The molecule has 0 fully saturated rings. The van der Waals surface area contributed by atoms with Crippen LogP contribution in [0.25, 0.3) is 0 Å². The number of methoxy groups -OCH3 is 2. The van der Waals surface area contributed by atoms with Gasteiger partial charge in [-0.05, 0) is 36.8 Å². The van der Waals surface area contributed by atoms with Crippen molar-refractivity contribution >= 4 is 35.8 Å². The molecule has 2 aromatic carbocycles. The fraction of sp³-hybridized carbons (Fsp3) is 0.417. The Morgan fingerprint density at radius 1 is 1.03 bits per heavy atom. The van der Waals surface area contributed by atoms with E-state index in [2.05, 4.69) is 5.32 Å². The Balaban J connectivity index is 0.00000544. The number of carbonyl (C=O) groups is 1. The van der Waals surface area contributed by atoms with Crippen LogP contribution >= 0.6 is 24.0 Å². The molecule has 0 bridgehead atoms. The number of ether oxygens (including phenoxy) is 3. The van der Waals surface area contributed by atoms with E-state index in [0.29, 0.717) is 18.8 Å². The number of guanidine groups is 1. The molecule has 0 spiro atoms. The molecule has 8 nitrogen and oxygen atoms in total. The molecule has 1 amide bonds. The zero-order valence-electron chi connectivity index (χ0n) is 20.3. The number of amides is 1. The van der Waals surface area contributed by atoms with E-state index in [0.717, 1.165) is 35.1 Å². The number of rotatable bonds is 10. The second kappa shape index (κ2) is 14.5. The average molecular weight is 570 g/mol. The van der Waals surface area contributed by atoms with Crippen molar-refractivity contribution in [3.05, 3.63) is 53.6 Å². The van der Waals surface area contributed by atoms with Gasteiger partial charge in [0.1, 0.15) is 17.2 Å². The summed E-state index contributed by atoms with van der Waals surface area (Å²) in [6, 6.07) is 13.4. The Kier molecular flexibility index (Phi) is 12.4. The molecular formula is C24H35IN4O4. The molecule has 33 heavy (non-hydrogen) atoms. The molecule has 0 aliphatic carbocycles. The highest BCUT2D eigenvalue weighted by atomic mass is 127. The molecule has 0 aliphatic rings. The van der Waals surface area contributed by atoms with Crippen LogP contribution in [-0.2, 0) is 17.9 Å². The van der Waals surface area contributed by atoms with Crippen LogP contribution in [0.1, 0.15) is 18.1 Å². The summed E-state index contributed by atoms with van der Waals surface area (Å²) in [6.07, 6.45) is 0. The van der Waals surface area contributed by atoms with Crippen LogP contribution < -0.4 is 19.5 Å². The second-order valence-corrected chi connectivity index (χ2v) is 7.43. The van der Waals surface area contributed by atoms with Crippen molar-refractivity contribution in [2.45, 2.75) is 20.0 Å². The number of hydrogen-bond donors (Lipinski definition) is 1. The lowest BCUT2D eigenvalue weighted by atomic mass is 10.2. The van der Waals surface area contributed by atoms with Crippen molar-refractivity contribution < 1.29 is 19.0 Å². The molecule has 0 saturated heterocycles. The van der Waals surface area contributed by atoms with Gasteiger partial charge in [0.05, 0.1) is 20.8 Å². The minimum Gasteiger partial charge on any atom is -0.497 e. The van der Waals surface area contributed by atoms with E-state index < -0.39 is 0 Å². The summed E-state index contributed by atoms with van der Waals surface area (Å²) in [5.74, 6) is 2.86. The van der Waals surface area contributed by atoms with Crippen molar-refractivity contribution in [1.29, 1.82) is 0 Å². The van der Waals surface area contributed by atoms with Crippen LogP contribution in [0.2, 0.25) is 0 Å². The fourth-order valence-corrected chi connectivity index (χ4v) is 2.96. The number of hydrogen-bond acceptors (Lipinski definition) is 5. The predicted molar refractivity (Wildman–Crippen MR) is 142 cm³/mol. The number of likely N-dealkylation sites (N-methyl/N-ethyl adjacent to an activating group) is 1. The van der Waals surface area contributed by atoms with Gasteiger partial charge in [-0.1, -0.05) is 12.1 Å². The average Bonchev–Trinajstić information content (AvgIpc) is 2.80. The summed E-state index contributed by atoms with van der Waals surface area (Å²) in [4.78, 5) is 20.1. The molecule has 182 valence electrons. The van der Waals surface area contributed by atoms with Crippen LogP contribution in [0.5, 0.6) is 17.2 Å². The molecule has 0 atom stereocenters. The smallest absolute Gasteiger partial charge is 0.259 e. The van der Waals surface area contributed by atoms with Crippen LogP contribution in [0.3, 0.4) is 0 Å². The van der Waals surface area contributed by atoms with Crippen molar-refractivity contribution in [2.75, 3.05) is 48.5 Å². The second-order valence-electron chi connectivity index (χ2n) is 7.43. The van der Waals surface area contributed by atoms with Crippen LogP contribution in [0.4, 0.5) is 0 Å². The first-order chi connectivity index (χ1) is 15.4. The molecule has 0 saturated carbocycles. The lowest BCUT2D eigenvalue weighted by molar-refractivity contribution is -0.130. The van der Waals surface area contributed by atoms with E-state index in [1.54, 1.807) is 28.3 Å². The Labute approximate surface area is 213 Å². The largest absolute Gasteiger partial charge is 0.497 e. The highest BCUT2D eigenvalue weighted by Gasteiger charge is 2.12. The summed E-state index contributed by atoms with van der Waals surface area (Å²) in [6.45, 7) is 3.89. The van der Waals surface area contributed by atoms with Crippen molar-refractivity contribution in [1.82, 2.24) is 15.1 Å². The highest BCUT2D eigenvalue weighted by Crippen LogP contribution is 2.25. The monoisotopic (exact) mass is 570 g/mol. The molecule has 0 radical (unpaired) electrons. The Morgan fingerprint density at radius 3 is 2.42 bits per heavy atom. The van der Waals surface area contributed by atoms with Gasteiger partial charge in [-0.2, -0.15) is 0 Å². The molecule has 2 aromatic rings. The van der Waals surface area contributed by atoms with E-state index in [1.165, 1.54) is 4.90 Å². The van der Waals surface area contributed by atoms with E-state index in [4.69, 9.17) is 19.2 Å². The van der Waals surface area contributed by atoms with Gasteiger partial charge in [-0.25, -0.2) is 4.99 Å². The maximum absolute atomic E-state index is 11.7. The van der Waals surface area contributed by atoms with Gasteiger partial charge in [-0.3, -0.25) is 4.79 Å². The van der Waals surface area contributed by atoms with E-state index >= 15 is 0 Å². The Morgan fingerprint density at radius 2 is 1.79 bits per heavy atom. The van der Waals surface area contributed by atoms with Crippen molar-refractivity contribution in [3.63, 3.8) is 0 Å². The molecule has 0 heterocycles. The van der Waals surface area contributed by atoms with Crippen molar-refractivity contribution in [2.24, 2.45) is 4.99 Å². The maximum Gasteiger partial charge on any atom is 0.259 e. The zero-order valence-corrected chi connectivity index (χ0v) is 22.6. The van der Waals surface area contributed by atoms with Crippen LogP contribution in [0, 0.1) is 0 Å². The SMILES string of the molecule is CCNC(=NCc1cccc(OCC(=O)N(C)C)c1)N(C)Cc1ccc(OC)cc1OC.I. The highest BCUT2D eigenvalue weighted by molar-refractivity contribution is 14.0. The van der Waals surface area contributed by atoms with Gasteiger partial charge in [0, 0.05) is 45.9 Å². The number of halogens is 1. The first kappa shape index (κ1) is 28.3. The molecular weight excluding hydrogens is 535 g/mol. The lowest BCUT2D eigenvalue weighted by Gasteiger charge is -2.23. The van der Waals surface area contributed by atoms with Gasteiger partial charge in [0.15, 0.2) is 12.6 Å². The van der Waals surface area contributed by atoms with Gasteiger partial charge in [-0.15, -0.1) is 24.0 Å². The van der Waals surface area contributed by atoms with Crippen LogP contribution in [0.15, 0.2) is 47.5 Å². The first-order valence-corrected chi connectivity index (χ1v) is 10.5. The summed E-state index contributed by atoms with van der Waals surface area (Å²) in [7, 11) is 8.68. The fourth-order valence-electron chi connectivity index (χ4n) is 2.96. The third-order valence-electron chi connectivity index (χ3n) is 4.77. The minimum atomic E-state index is -0.0848. The maximum atomic E-state index is 11.7. The summed E-state index contributed by atoms with van der Waals surface area (Å²) >= 11 is 0. The van der Waals surface area contributed by atoms with Crippen molar-refractivity contribution in [3.8, 4) is 17.2 Å². The van der Waals surface area contributed by atoms with Gasteiger partial charge in [0.2, 0.25) is 0 Å². The van der Waals surface area contributed by atoms with Gasteiger partial charge in [0.25, 0.3) is 5.91 Å². The number of aliphatic imine (C=N–C) groups is 1. The molecule has 0 aromatic heterocycles. The predicted octanol–water partition coefficient (Wildman–Crippen LogP) is 3.39. The quantitative estimate of drug-likeness (QED) is 0.268. The Hall–Kier alpha value is -2.69. The van der Waals surface area contributed by atoms with Crippen LogP contribution in [-0.4, -0.2) is 70.2 Å². The molecule has 1 N–H and O–H groups in total. The van der Waals surface area contributed by atoms with E-state index in [-0.39, 0.29) is 36.5 Å². The summed E-state index contributed by atoms with van der Waals surface area (Å²) in [5, 5.41) is 3.33. The molecule has 9 heteroatoms. The third kappa shape index (κ3) is 8.99. The molecule has 0 unspecified atom stereocenters. The van der Waals surface area contributed by atoms with E-state index in [1.807, 2.05) is 61.3 Å². The number of carbonyl (C=O) groups excluding carboxylic acids is 1. The number of nitrogens with zero attached hydrogens (tertiary/aromatic N) is 3. The number of nitrogens with one attached hydrogen (secondary N) is 1. The summed E-state index contributed by atoms with van der Waals surface area (Å²) in [5.41, 5.74) is 2.02. The minimum absolute atomic E-state index is 0. The number of benzene rings is 2. The normalized spacial score (nSPS) is 10.7. The molecule has 2 rings (SSSR count). The first-order valence-electron chi connectivity index (χ1n) is 10.5. The topological polar surface area (TPSA) is 75.6 Å². The third-order valence-corrected chi connectivity index (χ3v) is 4.77. The summed E-state index contributed by atoms with van der Waals surface area (Å²) < 4.78 is 16.4. The van der Waals surface area contributed by atoms with Gasteiger partial charge < -0.3 is 29.3 Å². The zero-order chi connectivity index (χ0) is 23.5. The molecule has 0 aliphatic heterocycles.